The lowest BCUT2D eigenvalue weighted by Gasteiger charge is -2.16. The summed E-state index contributed by atoms with van der Waals surface area (Å²) in [5.41, 5.74) is 0.422. The summed E-state index contributed by atoms with van der Waals surface area (Å²) in [6, 6.07) is 5.56. The molecule has 0 N–H and O–H groups in total. The highest BCUT2D eigenvalue weighted by molar-refractivity contribution is 5.71. The molecule has 1 atom stereocenters. The molecule has 1 rings (SSSR count). The molecule has 5 heteroatoms. The molecule has 0 unspecified atom stereocenters. The maximum absolute atomic E-state index is 13.0. The van der Waals surface area contributed by atoms with Gasteiger partial charge in [0.25, 0.3) is 0 Å². The number of esters is 2. The van der Waals surface area contributed by atoms with E-state index in [4.69, 9.17) is 4.74 Å². The van der Waals surface area contributed by atoms with Crippen molar-refractivity contribution in [3.8, 4) is 0 Å². The zero-order chi connectivity index (χ0) is 12.8. The molecule has 0 saturated heterocycles. The van der Waals surface area contributed by atoms with Crippen LogP contribution >= 0.6 is 0 Å². The predicted octanol–water partition coefficient (Wildman–Crippen LogP) is 1.99. The van der Waals surface area contributed by atoms with Crippen LogP contribution in [0.4, 0.5) is 4.39 Å². The molecule has 0 aliphatic rings. The lowest BCUT2D eigenvalue weighted by molar-refractivity contribution is -0.152. The molecule has 1 aromatic carbocycles. The first-order valence-electron chi connectivity index (χ1n) is 5.02. The fourth-order valence-electron chi connectivity index (χ4n) is 1.37. The molecule has 1 aromatic rings. The lowest BCUT2D eigenvalue weighted by atomic mass is 10.1. The van der Waals surface area contributed by atoms with Crippen molar-refractivity contribution in [3.05, 3.63) is 35.6 Å². The second-order valence-corrected chi connectivity index (χ2v) is 3.43. The third-order valence-corrected chi connectivity index (χ3v) is 2.11. The number of carbonyl (C=O) groups is 2. The van der Waals surface area contributed by atoms with Crippen molar-refractivity contribution in [1.82, 2.24) is 0 Å². The molecule has 0 bridgehead atoms. The van der Waals surface area contributed by atoms with E-state index in [9.17, 15) is 14.0 Å². The summed E-state index contributed by atoms with van der Waals surface area (Å²) >= 11 is 0. The minimum Gasteiger partial charge on any atom is -0.469 e. The quantitative estimate of drug-likeness (QED) is 0.755. The van der Waals surface area contributed by atoms with Crippen LogP contribution < -0.4 is 0 Å². The van der Waals surface area contributed by atoms with Gasteiger partial charge in [-0.1, -0.05) is 12.1 Å². The summed E-state index contributed by atoms with van der Waals surface area (Å²) in [6.45, 7) is 1.23. The van der Waals surface area contributed by atoms with Gasteiger partial charge in [0.05, 0.1) is 13.5 Å². The standard InChI is InChI=1S/C12H13FO4/c1-8(14)17-11(7-12(15)16-2)9-4-3-5-10(13)6-9/h3-6,11H,7H2,1-2H3/t11-/m1/s1. The van der Waals surface area contributed by atoms with Crippen LogP contribution in [-0.4, -0.2) is 19.0 Å². The first-order valence-corrected chi connectivity index (χ1v) is 5.02. The molecule has 0 saturated carbocycles. The summed E-state index contributed by atoms with van der Waals surface area (Å²) in [5, 5.41) is 0. The summed E-state index contributed by atoms with van der Waals surface area (Å²) in [6.07, 6.45) is -0.963. The van der Waals surface area contributed by atoms with Gasteiger partial charge in [0.15, 0.2) is 0 Å². The molecule has 0 amide bonds. The Morgan fingerprint density at radius 3 is 2.65 bits per heavy atom. The average molecular weight is 240 g/mol. The van der Waals surface area contributed by atoms with Crippen molar-refractivity contribution < 1.29 is 23.5 Å². The first-order chi connectivity index (χ1) is 8.02. The molecule has 0 aromatic heterocycles. The fraction of sp³-hybridized carbons (Fsp3) is 0.333. The maximum atomic E-state index is 13.0. The van der Waals surface area contributed by atoms with Crippen LogP contribution in [-0.2, 0) is 19.1 Å². The van der Waals surface area contributed by atoms with E-state index in [-0.39, 0.29) is 6.42 Å². The molecular weight excluding hydrogens is 227 g/mol. The smallest absolute Gasteiger partial charge is 0.309 e. The molecule has 17 heavy (non-hydrogen) atoms. The van der Waals surface area contributed by atoms with Crippen LogP contribution in [0.25, 0.3) is 0 Å². The van der Waals surface area contributed by atoms with Crippen LogP contribution in [0.15, 0.2) is 24.3 Å². The van der Waals surface area contributed by atoms with E-state index >= 15 is 0 Å². The molecule has 0 heterocycles. The summed E-state index contributed by atoms with van der Waals surface area (Å²) in [4.78, 5) is 22.1. The van der Waals surface area contributed by atoms with E-state index in [2.05, 4.69) is 4.74 Å². The van der Waals surface area contributed by atoms with Gasteiger partial charge < -0.3 is 9.47 Å². The molecule has 4 nitrogen and oxygen atoms in total. The van der Waals surface area contributed by atoms with Gasteiger partial charge in [-0.3, -0.25) is 9.59 Å². The van der Waals surface area contributed by atoms with E-state index in [1.54, 1.807) is 6.07 Å². The van der Waals surface area contributed by atoms with Gasteiger partial charge in [-0.2, -0.15) is 0 Å². The highest BCUT2D eigenvalue weighted by Crippen LogP contribution is 2.22. The first kappa shape index (κ1) is 13.2. The van der Waals surface area contributed by atoms with Crippen LogP contribution in [0, 0.1) is 5.82 Å². The monoisotopic (exact) mass is 240 g/mol. The van der Waals surface area contributed by atoms with Gasteiger partial charge in [-0.15, -0.1) is 0 Å². The Morgan fingerprint density at radius 1 is 1.41 bits per heavy atom. The SMILES string of the molecule is COC(=O)C[C@@H](OC(C)=O)c1cccc(F)c1. The topological polar surface area (TPSA) is 52.6 Å². The van der Waals surface area contributed by atoms with Crippen molar-refractivity contribution >= 4 is 11.9 Å². The molecular formula is C12H13FO4. The van der Waals surface area contributed by atoms with E-state index in [1.807, 2.05) is 0 Å². The van der Waals surface area contributed by atoms with Gasteiger partial charge in [0, 0.05) is 6.92 Å². The number of ether oxygens (including phenoxy) is 2. The number of hydrogen-bond acceptors (Lipinski definition) is 4. The Morgan fingerprint density at radius 2 is 2.12 bits per heavy atom. The molecule has 0 aliphatic heterocycles. The maximum Gasteiger partial charge on any atom is 0.309 e. The Kier molecular flexibility index (Phi) is 4.63. The third-order valence-electron chi connectivity index (χ3n) is 2.11. The number of hydrogen-bond donors (Lipinski definition) is 0. The number of halogens is 1. The van der Waals surface area contributed by atoms with Crippen molar-refractivity contribution in [2.45, 2.75) is 19.4 Å². The van der Waals surface area contributed by atoms with E-state index in [0.717, 1.165) is 0 Å². The highest BCUT2D eigenvalue weighted by atomic mass is 19.1. The van der Waals surface area contributed by atoms with Gasteiger partial charge in [-0.25, -0.2) is 4.39 Å². The molecule has 0 fully saturated rings. The zero-order valence-electron chi connectivity index (χ0n) is 9.60. The number of methoxy groups -OCH3 is 1. The predicted molar refractivity (Wildman–Crippen MR) is 57.5 cm³/mol. The second kappa shape index (κ2) is 5.98. The summed E-state index contributed by atoms with van der Waals surface area (Å²) in [5.74, 6) is -1.52. The van der Waals surface area contributed by atoms with Crippen molar-refractivity contribution in [1.29, 1.82) is 0 Å². The number of benzene rings is 1. The molecule has 0 spiro atoms. The van der Waals surface area contributed by atoms with Crippen LogP contribution in [0.5, 0.6) is 0 Å². The van der Waals surface area contributed by atoms with Gasteiger partial charge in [0.1, 0.15) is 11.9 Å². The zero-order valence-corrected chi connectivity index (χ0v) is 9.60. The lowest BCUT2D eigenvalue weighted by Crippen LogP contribution is -2.14. The van der Waals surface area contributed by atoms with Crippen molar-refractivity contribution in [3.63, 3.8) is 0 Å². The Bertz CT molecular complexity index is 417. The molecule has 92 valence electrons. The van der Waals surface area contributed by atoms with Crippen molar-refractivity contribution in [2.75, 3.05) is 7.11 Å². The summed E-state index contributed by atoms with van der Waals surface area (Å²) in [7, 11) is 1.23. The minimum atomic E-state index is -0.823. The van der Waals surface area contributed by atoms with Gasteiger partial charge in [0.2, 0.25) is 0 Å². The molecule has 0 aliphatic carbocycles. The van der Waals surface area contributed by atoms with E-state index in [1.165, 1.54) is 32.2 Å². The van der Waals surface area contributed by atoms with Gasteiger partial charge >= 0.3 is 11.9 Å². The Hall–Kier alpha value is -1.91. The van der Waals surface area contributed by atoms with Crippen LogP contribution in [0.1, 0.15) is 25.0 Å². The van der Waals surface area contributed by atoms with Crippen molar-refractivity contribution in [2.24, 2.45) is 0 Å². The minimum absolute atomic E-state index is 0.139. The van der Waals surface area contributed by atoms with Crippen LogP contribution in [0.2, 0.25) is 0 Å². The number of carbonyl (C=O) groups excluding carboxylic acids is 2. The van der Waals surface area contributed by atoms with Gasteiger partial charge in [-0.05, 0) is 17.7 Å². The Balaban J connectivity index is 2.89. The third kappa shape index (κ3) is 4.22. The van der Waals surface area contributed by atoms with Crippen LogP contribution in [0.3, 0.4) is 0 Å². The highest BCUT2D eigenvalue weighted by Gasteiger charge is 2.19. The fourth-order valence-corrected chi connectivity index (χ4v) is 1.37. The second-order valence-electron chi connectivity index (χ2n) is 3.43. The van der Waals surface area contributed by atoms with E-state index in [0.29, 0.717) is 5.56 Å². The summed E-state index contributed by atoms with van der Waals surface area (Å²) < 4.78 is 22.5. The molecule has 0 radical (unpaired) electrons. The average Bonchev–Trinajstić information content (AvgIpc) is 2.27. The Labute approximate surface area is 98.3 Å². The normalized spacial score (nSPS) is 11.7. The van der Waals surface area contributed by atoms with E-state index < -0.39 is 23.9 Å². The largest absolute Gasteiger partial charge is 0.469 e. The number of rotatable bonds is 4.